The molecule has 0 rings (SSSR count). The van der Waals surface area contributed by atoms with Crippen molar-refractivity contribution in [3.63, 3.8) is 0 Å². The van der Waals surface area contributed by atoms with Gasteiger partial charge in [0, 0.05) is 6.08 Å². The Labute approximate surface area is 81.4 Å². The zero-order chi connectivity index (χ0) is 11.0. The van der Waals surface area contributed by atoms with E-state index in [0.717, 1.165) is 6.08 Å². The smallest absolute Gasteiger partial charge is 0.469 e. The lowest BCUT2D eigenvalue weighted by Gasteiger charge is -2.03. The van der Waals surface area contributed by atoms with Gasteiger partial charge in [-0.15, -0.1) is 0 Å². The lowest BCUT2D eigenvalue weighted by Crippen LogP contribution is -1.92. The predicted molar refractivity (Wildman–Crippen MR) is 48.6 cm³/mol. The third-order valence-electron chi connectivity index (χ3n) is 1.29. The fourth-order valence-electron chi connectivity index (χ4n) is 0.732. The second kappa shape index (κ2) is 6.73. The molecule has 3 N–H and O–H groups in total. The van der Waals surface area contributed by atoms with Gasteiger partial charge in [0.1, 0.15) is 0 Å². The number of phosphoric acid groups is 1. The van der Waals surface area contributed by atoms with E-state index in [1.165, 1.54) is 6.08 Å². The third-order valence-corrected chi connectivity index (χ3v) is 1.80. The first-order chi connectivity index (χ1) is 6.42. The van der Waals surface area contributed by atoms with Crippen molar-refractivity contribution in [1.29, 1.82) is 0 Å². The Balaban J connectivity index is 3.31. The van der Waals surface area contributed by atoms with Gasteiger partial charge in [-0.05, 0) is 19.3 Å². The Morgan fingerprint density at radius 3 is 2.50 bits per heavy atom. The molecule has 0 spiro atoms. The molecule has 0 aliphatic heterocycles. The van der Waals surface area contributed by atoms with Gasteiger partial charge < -0.3 is 14.9 Å². The number of hydrogen-bond acceptors (Lipinski definition) is 3. The second-order valence-corrected chi connectivity index (χ2v) is 3.80. The van der Waals surface area contributed by atoms with E-state index in [4.69, 9.17) is 14.9 Å². The summed E-state index contributed by atoms with van der Waals surface area (Å²) in [5.74, 6) is -1.00. The van der Waals surface area contributed by atoms with Crippen LogP contribution in [0.3, 0.4) is 0 Å². The van der Waals surface area contributed by atoms with Crippen LogP contribution in [0.25, 0.3) is 0 Å². The van der Waals surface area contributed by atoms with Crippen LogP contribution in [0.5, 0.6) is 0 Å². The van der Waals surface area contributed by atoms with Crippen molar-refractivity contribution in [2.24, 2.45) is 0 Å². The van der Waals surface area contributed by atoms with Crippen LogP contribution in [0, 0.1) is 0 Å². The largest absolute Gasteiger partial charge is 0.478 e. The summed E-state index contributed by atoms with van der Waals surface area (Å²) in [5, 5.41) is 8.21. The van der Waals surface area contributed by atoms with Crippen LogP contribution in [-0.4, -0.2) is 27.5 Å². The Hall–Kier alpha value is -0.680. The summed E-state index contributed by atoms with van der Waals surface area (Å²) in [6.45, 7) is -0.0226. The van der Waals surface area contributed by atoms with Crippen molar-refractivity contribution in [3.8, 4) is 0 Å². The monoisotopic (exact) mass is 224 g/mol. The highest BCUT2D eigenvalue weighted by molar-refractivity contribution is 7.46. The van der Waals surface area contributed by atoms with Gasteiger partial charge in [0.15, 0.2) is 0 Å². The maximum absolute atomic E-state index is 10.2. The second-order valence-electron chi connectivity index (χ2n) is 2.56. The molecule has 0 aliphatic carbocycles. The number of allylic oxidation sites excluding steroid dienone is 1. The van der Waals surface area contributed by atoms with Crippen molar-refractivity contribution < 1.29 is 28.8 Å². The summed E-state index contributed by atoms with van der Waals surface area (Å²) in [7, 11) is -4.35. The number of aliphatic carboxylic acids is 1. The first kappa shape index (κ1) is 13.3. The maximum Gasteiger partial charge on any atom is 0.469 e. The van der Waals surface area contributed by atoms with Gasteiger partial charge in [0.05, 0.1) is 6.61 Å². The van der Waals surface area contributed by atoms with E-state index in [9.17, 15) is 9.36 Å². The van der Waals surface area contributed by atoms with Crippen molar-refractivity contribution in [2.75, 3.05) is 6.61 Å². The molecule has 0 saturated carbocycles. The lowest BCUT2D eigenvalue weighted by atomic mass is 10.2. The summed E-state index contributed by atoms with van der Waals surface area (Å²) >= 11 is 0. The van der Waals surface area contributed by atoms with Crippen LogP contribution in [0.2, 0.25) is 0 Å². The number of rotatable bonds is 7. The minimum atomic E-state index is -4.35. The first-order valence-electron chi connectivity index (χ1n) is 4.01. The lowest BCUT2D eigenvalue weighted by molar-refractivity contribution is -0.131. The highest BCUT2D eigenvalue weighted by Crippen LogP contribution is 2.35. The minimum absolute atomic E-state index is 0.0226. The molecule has 14 heavy (non-hydrogen) atoms. The van der Waals surface area contributed by atoms with Crippen molar-refractivity contribution in [2.45, 2.75) is 19.3 Å². The summed E-state index contributed by atoms with van der Waals surface area (Å²) < 4.78 is 14.4. The SMILES string of the molecule is O=C(O)C=CCCCCOP(=O)(O)O. The Morgan fingerprint density at radius 2 is 2.00 bits per heavy atom. The number of carboxylic acids is 1. The molecule has 0 fully saturated rings. The van der Waals surface area contributed by atoms with E-state index in [0.29, 0.717) is 19.3 Å². The fraction of sp³-hybridized carbons (Fsp3) is 0.571. The molecule has 7 heteroatoms. The molecule has 82 valence electrons. The van der Waals surface area contributed by atoms with Crippen LogP contribution in [-0.2, 0) is 13.9 Å². The number of phosphoric ester groups is 1. The van der Waals surface area contributed by atoms with Gasteiger partial charge in [-0.3, -0.25) is 4.52 Å². The average molecular weight is 224 g/mol. The number of carboxylic acid groups (broad SMARTS) is 1. The summed E-state index contributed by atoms with van der Waals surface area (Å²) in [5.41, 5.74) is 0. The predicted octanol–water partition coefficient (Wildman–Crippen LogP) is 0.907. The topological polar surface area (TPSA) is 104 Å². The molecule has 0 aromatic rings. The Morgan fingerprint density at radius 1 is 1.36 bits per heavy atom. The van der Waals surface area contributed by atoms with E-state index >= 15 is 0 Å². The molecule has 0 bridgehead atoms. The highest BCUT2D eigenvalue weighted by Gasteiger charge is 2.11. The van der Waals surface area contributed by atoms with Gasteiger partial charge in [-0.25, -0.2) is 9.36 Å². The molecule has 0 aromatic heterocycles. The molecule has 6 nitrogen and oxygen atoms in total. The van der Waals surface area contributed by atoms with Gasteiger partial charge in [0.2, 0.25) is 0 Å². The van der Waals surface area contributed by atoms with E-state index in [2.05, 4.69) is 4.52 Å². The normalized spacial score (nSPS) is 12.1. The van der Waals surface area contributed by atoms with Crippen LogP contribution in [0.15, 0.2) is 12.2 Å². The number of unbranched alkanes of at least 4 members (excludes halogenated alkanes) is 2. The van der Waals surface area contributed by atoms with E-state index in [1.807, 2.05) is 0 Å². The molecule has 0 aromatic carbocycles. The quantitative estimate of drug-likeness (QED) is 0.337. The van der Waals surface area contributed by atoms with Crippen LogP contribution < -0.4 is 0 Å². The summed E-state index contributed by atoms with van der Waals surface area (Å²) in [6, 6.07) is 0. The summed E-state index contributed by atoms with van der Waals surface area (Å²) in [6.07, 6.45) is 4.18. The summed E-state index contributed by atoms with van der Waals surface area (Å²) in [4.78, 5) is 26.6. The highest BCUT2D eigenvalue weighted by atomic mass is 31.2. The minimum Gasteiger partial charge on any atom is -0.478 e. The van der Waals surface area contributed by atoms with E-state index in [-0.39, 0.29) is 6.61 Å². The van der Waals surface area contributed by atoms with Gasteiger partial charge in [-0.1, -0.05) is 6.08 Å². The zero-order valence-corrected chi connectivity index (χ0v) is 8.39. The molecule has 0 unspecified atom stereocenters. The molecule has 0 saturated heterocycles. The van der Waals surface area contributed by atoms with Crippen LogP contribution in [0.4, 0.5) is 0 Å². The molecular formula is C7H13O6P. The molecule has 0 aliphatic rings. The first-order valence-corrected chi connectivity index (χ1v) is 5.54. The molecule has 0 atom stereocenters. The number of hydrogen-bond donors (Lipinski definition) is 3. The van der Waals surface area contributed by atoms with Gasteiger partial charge in [0.25, 0.3) is 0 Å². The van der Waals surface area contributed by atoms with Crippen molar-refractivity contribution in [1.82, 2.24) is 0 Å². The molecule has 0 radical (unpaired) electrons. The number of carbonyl (C=O) groups is 1. The van der Waals surface area contributed by atoms with Gasteiger partial charge >= 0.3 is 13.8 Å². The molecule has 0 heterocycles. The standard InChI is InChI=1S/C7H13O6P/c8-7(9)5-3-1-2-4-6-13-14(10,11)12/h3,5H,1-2,4,6H2,(H,8,9)(H2,10,11,12). The molecular weight excluding hydrogens is 211 g/mol. The van der Waals surface area contributed by atoms with E-state index in [1.54, 1.807) is 0 Å². The van der Waals surface area contributed by atoms with Crippen LogP contribution in [0.1, 0.15) is 19.3 Å². The third kappa shape index (κ3) is 11.3. The van der Waals surface area contributed by atoms with Gasteiger partial charge in [-0.2, -0.15) is 0 Å². The Kier molecular flexibility index (Phi) is 6.40. The zero-order valence-electron chi connectivity index (χ0n) is 7.50. The Bertz CT molecular complexity index is 243. The van der Waals surface area contributed by atoms with Crippen LogP contribution >= 0.6 is 7.82 Å². The maximum atomic E-state index is 10.2. The fourth-order valence-corrected chi connectivity index (χ4v) is 1.10. The molecule has 0 amide bonds. The van der Waals surface area contributed by atoms with E-state index < -0.39 is 13.8 Å². The van der Waals surface area contributed by atoms with Crippen molar-refractivity contribution >= 4 is 13.8 Å². The van der Waals surface area contributed by atoms with Crippen molar-refractivity contribution in [3.05, 3.63) is 12.2 Å². The average Bonchev–Trinajstić information content (AvgIpc) is 2.00.